The molecule has 0 saturated carbocycles. The molecule has 0 amide bonds. The fraction of sp³-hybridized carbons (Fsp3) is 0.250. The van der Waals surface area contributed by atoms with Crippen molar-refractivity contribution in [3.05, 3.63) is 72.2 Å². The lowest BCUT2D eigenvalue weighted by Gasteiger charge is -2.32. The van der Waals surface area contributed by atoms with Gasteiger partial charge in [-0.2, -0.15) is 0 Å². The van der Waals surface area contributed by atoms with Crippen LogP contribution in [0, 0.1) is 11.6 Å². The molecule has 0 atom stereocenters. The molecular weight excluding hydrogens is 424 g/mol. The predicted molar refractivity (Wildman–Crippen MR) is 123 cm³/mol. The normalized spacial score (nSPS) is 15.1. The summed E-state index contributed by atoms with van der Waals surface area (Å²) in [5.41, 5.74) is 1.66. The predicted octanol–water partition coefficient (Wildman–Crippen LogP) is 3.86. The summed E-state index contributed by atoms with van der Waals surface area (Å²) in [6.45, 7) is 5.05. The number of rotatable bonds is 5. The molecule has 0 aliphatic carbocycles. The summed E-state index contributed by atoms with van der Waals surface area (Å²) in [7, 11) is 2.13. The van der Waals surface area contributed by atoms with E-state index < -0.39 is 11.6 Å². The first kappa shape index (κ1) is 21.3. The van der Waals surface area contributed by atoms with E-state index in [0.29, 0.717) is 16.8 Å². The molecule has 1 fully saturated rings. The molecule has 1 saturated heterocycles. The second-order valence-corrected chi connectivity index (χ2v) is 8.18. The number of anilines is 2. The fourth-order valence-corrected chi connectivity index (χ4v) is 3.89. The molecule has 0 bridgehead atoms. The van der Waals surface area contributed by atoms with E-state index in [2.05, 4.69) is 42.1 Å². The Kier molecular flexibility index (Phi) is 5.89. The van der Waals surface area contributed by atoms with E-state index in [9.17, 15) is 8.78 Å². The largest absolute Gasteiger partial charge is 0.309 e. The average molecular weight is 447 g/mol. The van der Waals surface area contributed by atoms with Gasteiger partial charge in [-0.25, -0.2) is 23.7 Å². The molecular formula is C24H23F2N7. The number of nitrogens with zero attached hydrogens (tertiary/aromatic N) is 6. The Bertz CT molecular complexity index is 1270. The molecule has 5 rings (SSSR count). The van der Waals surface area contributed by atoms with E-state index in [1.54, 1.807) is 18.2 Å². The summed E-state index contributed by atoms with van der Waals surface area (Å²) >= 11 is 0. The van der Waals surface area contributed by atoms with E-state index in [-0.39, 0.29) is 17.2 Å². The third-order valence-electron chi connectivity index (χ3n) is 5.74. The Morgan fingerprint density at radius 1 is 0.939 bits per heavy atom. The van der Waals surface area contributed by atoms with Crippen LogP contribution in [0.25, 0.3) is 22.2 Å². The number of piperazine rings is 1. The summed E-state index contributed by atoms with van der Waals surface area (Å²) in [5, 5.41) is 3.57. The zero-order chi connectivity index (χ0) is 22.8. The van der Waals surface area contributed by atoms with Gasteiger partial charge in [-0.15, -0.1) is 0 Å². The van der Waals surface area contributed by atoms with Crippen molar-refractivity contribution < 1.29 is 8.78 Å². The first-order chi connectivity index (χ1) is 16.0. The van der Waals surface area contributed by atoms with Crippen LogP contribution >= 0.6 is 0 Å². The van der Waals surface area contributed by atoms with Crippen LogP contribution < -0.4 is 5.32 Å². The van der Waals surface area contributed by atoms with Crippen LogP contribution in [-0.2, 0) is 6.54 Å². The van der Waals surface area contributed by atoms with Crippen molar-refractivity contribution in [3.8, 4) is 11.3 Å². The molecule has 33 heavy (non-hydrogen) atoms. The standard InChI is InChI=1S/C24H23F2N7/c1-32-7-9-33(10-8-32)15-16-4-5-21(28-13-16)30-24-29-14-20(26)23(31-24)18-11-17-3-2-6-27-22(17)19(25)12-18/h2-6,11-14H,7-10,15H2,1H3,(H,28,29,30,31). The highest BCUT2D eigenvalue weighted by Gasteiger charge is 2.15. The Balaban J connectivity index is 1.33. The maximum Gasteiger partial charge on any atom is 0.229 e. The van der Waals surface area contributed by atoms with Crippen molar-refractivity contribution in [2.24, 2.45) is 0 Å². The van der Waals surface area contributed by atoms with Gasteiger partial charge in [0.15, 0.2) is 5.82 Å². The van der Waals surface area contributed by atoms with Gasteiger partial charge in [0.1, 0.15) is 22.8 Å². The van der Waals surface area contributed by atoms with Crippen molar-refractivity contribution in [1.82, 2.24) is 29.7 Å². The molecule has 0 radical (unpaired) electrons. The van der Waals surface area contributed by atoms with Crippen molar-refractivity contribution in [2.75, 3.05) is 38.5 Å². The molecule has 168 valence electrons. The minimum atomic E-state index is -0.640. The highest BCUT2D eigenvalue weighted by Crippen LogP contribution is 2.27. The molecule has 1 N–H and O–H groups in total. The quantitative estimate of drug-likeness (QED) is 0.498. The van der Waals surface area contributed by atoms with Crippen LogP contribution in [0.3, 0.4) is 0 Å². The van der Waals surface area contributed by atoms with Gasteiger partial charge in [-0.3, -0.25) is 9.88 Å². The van der Waals surface area contributed by atoms with Gasteiger partial charge in [-0.05, 0) is 36.9 Å². The van der Waals surface area contributed by atoms with Crippen LogP contribution in [0.15, 0.2) is 55.0 Å². The lowest BCUT2D eigenvalue weighted by atomic mass is 10.1. The number of aromatic nitrogens is 4. The van der Waals surface area contributed by atoms with Gasteiger partial charge >= 0.3 is 0 Å². The van der Waals surface area contributed by atoms with Crippen LogP contribution in [0.4, 0.5) is 20.5 Å². The molecule has 4 aromatic rings. The molecule has 4 heterocycles. The average Bonchev–Trinajstić information content (AvgIpc) is 2.83. The Hall–Kier alpha value is -3.56. The summed E-state index contributed by atoms with van der Waals surface area (Å²) in [4.78, 5) is 21.5. The molecule has 1 aliphatic heterocycles. The lowest BCUT2D eigenvalue weighted by Crippen LogP contribution is -2.43. The van der Waals surface area contributed by atoms with Crippen molar-refractivity contribution in [2.45, 2.75) is 6.54 Å². The Morgan fingerprint density at radius 3 is 2.58 bits per heavy atom. The van der Waals surface area contributed by atoms with Crippen molar-refractivity contribution in [3.63, 3.8) is 0 Å². The van der Waals surface area contributed by atoms with E-state index in [4.69, 9.17) is 0 Å². The van der Waals surface area contributed by atoms with Crippen molar-refractivity contribution >= 4 is 22.7 Å². The zero-order valence-corrected chi connectivity index (χ0v) is 18.2. The number of pyridine rings is 2. The third kappa shape index (κ3) is 4.79. The molecule has 1 aliphatic rings. The molecule has 7 nitrogen and oxygen atoms in total. The molecule has 0 unspecified atom stereocenters. The number of likely N-dealkylation sites (N-methyl/N-ethyl adjacent to an activating group) is 1. The smallest absolute Gasteiger partial charge is 0.229 e. The van der Waals surface area contributed by atoms with Gasteiger partial charge < -0.3 is 10.2 Å². The third-order valence-corrected chi connectivity index (χ3v) is 5.74. The summed E-state index contributed by atoms with van der Waals surface area (Å²) in [6.07, 6.45) is 4.40. The van der Waals surface area contributed by atoms with E-state index in [1.165, 1.54) is 12.3 Å². The van der Waals surface area contributed by atoms with E-state index >= 15 is 0 Å². The van der Waals surface area contributed by atoms with Gasteiger partial charge in [0.05, 0.1) is 6.20 Å². The van der Waals surface area contributed by atoms with Gasteiger partial charge in [0.2, 0.25) is 5.95 Å². The van der Waals surface area contributed by atoms with Gasteiger partial charge in [-0.1, -0.05) is 12.1 Å². The highest BCUT2D eigenvalue weighted by atomic mass is 19.1. The molecule has 0 spiro atoms. The fourth-order valence-electron chi connectivity index (χ4n) is 3.89. The minimum Gasteiger partial charge on any atom is -0.309 e. The van der Waals surface area contributed by atoms with Crippen LogP contribution in [0.5, 0.6) is 0 Å². The van der Waals surface area contributed by atoms with Crippen LogP contribution in [0.1, 0.15) is 5.56 Å². The lowest BCUT2D eigenvalue weighted by molar-refractivity contribution is 0.148. The number of benzene rings is 1. The topological polar surface area (TPSA) is 70.1 Å². The number of halogens is 2. The summed E-state index contributed by atoms with van der Waals surface area (Å²) in [6, 6.07) is 10.2. The highest BCUT2D eigenvalue weighted by molar-refractivity contribution is 5.84. The Morgan fingerprint density at radius 2 is 1.79 bits per heavy atom. The number of fused-ring (bicyclic) bond motifs is 1. The summed E-state index contributed by atoms with van der Waals surface area (Å²) < 4.78 is 29.0. The maximum atomic E-state index is 14.5. The van der Waals surface area contributed by atoms with Crippen LogP contribution in [-0.4, -0.2) is 63.0 Å². The first-order valence-electron chi connectivity index (χ1n) is 10.8. The first-order valence-corrected chi connectivity index (χ1v) is 10.8. The molecule has 1 aromatic carbocycles. The number of nitrogens with one attached hydrogen (secondary N) is 1. The minimum absolute atomic E-state index is 0.00356. The Labute approximate surface area is 190 Å². The zero-order valence-electron chi connectivity index (χ0n) is 18.2. The van der Waals surface area contributed by atoms with Crippen LogP contribution in [0.2, 0.25) is 0 Å². The second-order valence-electron chi connectivity index (χ2n) is 8.18. The van der Waals surface area contributed by atoms with Crippen molar-refractivity contribution in [1.29, 1.82) is 0 Å². The van der Waals surface area contributed by atoms with E-state index in [1.807, 2.05) is 18.3 Å². The molecule has 3 aromatic heterocycles. The van der Waals surface area contributed by atoms with Gasteiger partial charge in [0.25, 0.3) is 0 Å². The monoisotopic (exact) mass is 447 g/mol. The second kappa shape index (κ2) is 9.13. The SMILES string of the molecule is CN1CCN(Cc2ccc(Nc3ncc(F)c(-c4cc(F)c5ncccc5c4)n3)nc2)CC1. The molecule has 9 heteroatoms. The maximum absolute atomic E-state index is 14.5. The summed E-state index contributed by atoms with van der Waals surface area (Å²) in [5.74, 6) is -0.451. The number of hydrogen-bond donors (Lipinski definition) is 1. The van der Waals surface area contributed by atoms with Gasteiger partial charge in [0, 0.05) is 56.1 Å². The van der Waals surface area contributed by atoms with E-state index in [0.717, 1.165) is 44.5 Å². The number of hydrogen-bond acceptors (Lipinski definition) is 7.